The lowest BCUT2D eigenvalue weighted by Gasteiger charge is -2.40. The fraction of sp³-hybridized carbons (Fsp3) is 0.969. The maximum absolute atomic E-state index is 12.8. The van der Waals surface area contributed by atoms with E-state index in [0.29, 0.717) is 13.0 Å². The van der Waals surface area contributed by atoms with Gasteiger partial charge in [0.15, 0.2) is 6.29 Å². The van der Waals surface area contributed by atoms with Crippen LogP contribution in [-0.2, 0) is 14.3 Å². The van der Waals surface area contributed by atoms with Gasteiger partial charge in [0.2, 0.25) is 5.91 Å². The van der Waals surface area contributed by atoms with Crippen LogP contribution in [0.4, 0.5) is 0 Å². The van der Waals surface area contributed by atoms with Crippen LogP contribution < -0.4 is 5.32 Å². The minimum absolute atomic E-state index is 0.234. The Kier molecular flexibility index (Phi) is 20.1. The molecule has 2 saturated heterocycles. The van der Waals surface area contributed by atoms with Crippen molar-refractivity contribution in [3.05, 3.63) is 0 Å². The molecule has 8 atom stereocenters. The number of aliphatic hydroxyl groups excluding tert-OH is 6. The molecule has 2 fully saturated rings. The van der Waals surface area contributed by atoms with Gasteiger partial charge in [0.05, 0.1) is 25.4 Å². The minimum Gasteiger partial charge on any atom is -0.394 e. The van der Waals surface area contributed by atoms with Crippen LogP contribution in [0.5, 0.6) is 0 Å². The molecule has 1 amide bonds. The second-order valence-electron chi connectivity index (χ2n) is 12.6. The number of piperidine rings is 1. The van der Waals surface area contributed by atoms with Crippen LogP contribution in [0.3, 0.4) is 0 Å². The van der Waals surface area contributed by atoms with Gasteiger partial charge in [-0.3, -0.25) is 4.79 Å². The van der Waals surface area contributed by atoms with Crippen molar-refractivity contribution in [2.24, 2.45) is 0 Å². The van der Waals surface area contributed by atoms with E-state index in [1.54, 1.807) is 0 Å². The third-order valence-corrected chi connectivity index (χ3v) is 8.90. The van der Waals surface area contributed by atoms with E-state index in [-0.39, 0.29) is 18.9 Å². The summed E-state index contributed by atoms with van der Waals surface area (Å²) in [5, 5.41) is 64.5. The number of ether oxygens (including phenoxy) is 2. The van der Waals surface area contributed by atoms with Crippen molar-refractivity contribution >= 4 is 5.91 Å². The normalized spacial score (nSPS) is 27.1. The topological polar surface area (TPSA) is 172 Å². The first-order valence-corrected chi connectivity index (χ1v) is 17.1. The van der Waals surface area contributed by atoms with Gasteiger partial charge in [-0.15, -0.1) is 0 Å². The van der Waals surface area contributed by atoms with Gasteiger partial charge in [0.25, 0.3) is 0 Å². The second-order valence-corrected chi connectivity index (χ2v) is 12.6. The van der Waals surface area contributed by atoms with Crippen molar-refractivity contribution in [1.29, 1.82) is 0 Å². The van der Waals surface area contributed by atoms with Crippen molar-refractivity contribution in [2.45, 2.75) is 165 Å². The maximum atomic E-state index is 12.8. The van der Waals surface area contributed by atoms with Crippen LogP contribution in [0.2, 0.25) is 0 Å². The van der Waals surface area contributed by atoms with Crippen molar-refractivity contribution in [3.63, 3.8) is 0 Å². The number of likely N-dealkylation sites (tertiary alicyclic amines) is 1. The second kappa shape index (κ2) is 22.6. The molecule has 2 rings (SSSR count). The Labute approximate surface area is 259 Å². The quantitative estimate of drug-likeness (QED) is 0.0840. The summed E-state index contributed by atoms with van der Waals surface area (Å²) in [6.45, 7) is 3.84. The molecule has 7 N–H and O–H groups in total. The van der Waals surface area contributed by atoms with Gasteiger partial charge in [0.1, 0.15) is 30.5 Å². The molecule has 0 unspecified atom stereocenters. The molecule has 0 aromatic heterocycles. The van der Waals surface area contributed by atoms with Gasteiger partial charge >= 0.3 is 0 Å². The lowest BCUT2D eigenvalue weighted by atomic mass is 9.98. The lowest BCUT2D eigenvalue weighted by molar-refractivity contribution is -0.303. The Balaban J connectivity index is 1.80. The van der Waals surface area contributed by atoms with E-state index in [0.717, 1.165) is 51.6 Å². The molecule has 0 aliphatic carbocycles. The maximum Gasteiger partial charge on any atom is 0.221 e. The average Bonchev–Trinajstić information content (AvgIpc) is 3.02. The van der Waals surface area contributed by atoms with Gasteiger partial charge in [-0.1, -0.05) is 90.4 Å². The Bertz CT molecular complexity index is 710. The van der Waals surface area contributed by atoms with Crippen LogP contribution in [0, 0.1) is 0 Å². The lowest BCUT2D eigenvalue weighted by Crippen LogP contribution is -2.60. The number of hydrogen-bond donors (Lipinski definition) is 7. The molecule has 0 bridgehead atoms. The summed E-state index contributed by atoms with van der Waals surface area (Å²) in [6, 6.07) is -0.992. The summed E-state index contributed by atoms with van der Waals surface area (Å²) in [6.07, 6.45) is 8.69. The summed E-state index contributed by atoms with van der Waals surface area (Å²) >= 11 is 0. The van der Waals surface area contributed by atoms with Gasteiger partial charge in [-0.25, -0.2) is 0 Å². The van der Waals surface area contributed by atoms with Gasteiger partial charge < -0.3 is 50.3 Å². The van der Waals surface area contributed by atoms with Gasteiger partial charge in [-0.05, 0) is 32.4 Å². The number of carbonyl (C=O) groups excluding carboxylic acids is 1. The highest BCUT2D eigenvalue weighted by Crippen LogP contribution is 2.23. The predicted octanol–water partition coefficient (Wildman–Crippen LogP) is 1.98. The zero-order valence-corrected chi connectivity index (χ0v) is 26.5. The molecule has 254 valence electrons. The highest BCUT2D eigenvalue weighted by Gasteiger charge is 2.44. The van der Waals surface area contributed by atoms with E-state index in [1.807, 2.05) is 0 Å². The van der Waals surface area contributed by atoms with Crippen LogP contribution in [-0.4, -0.2) is 123 Å². The van der Waals surface area contributed by atoms with E-state index in [1.165, 1.54) is 57.8 Å². The van der Waals surface area contributed by atoms with Crippen LogP contribution in [0.15, 0.2) is 0 Å². The number of nitrogens with zero attached hydrogens (tertiary/aromatic N) is 1. The van der Waals surface area contributed by atoms with Crippen LogP contribution in [0.1, 0.15) is 116 Å². The largest absolute Gasteiger partial charge is 0.394 e. The molecule has 2 aliphatic heterocycles. The van der Waals surface area contributed by atoms with Crippen molar-refractivity contribution in [3.8, 4) is 0 Å². The van der Waals surface area contributed by atoms with Gasteiger partial charge in [-0.2, -0.15) is 0 Å². The molecule has 0 saturated carbocycles. The average molecular weight is 619 g/mol. The predicted molar refractivity (Wildman–Crippen MR) is 164 cm³/mol. The van der Waals surface area contributed by atoms with Gasteiger partial charge in [0, 0.05) is 13.0 Å². The summed E-state index contributed by atoms with van der Waals surface area (Å²) in [4.78, 5) is 15.1. The molecule has 11 heteroatoms. The van der Waals surface area contributed by atoms with E-state index in [9.17, 15) is 35.4 Å². The van der Waals surface area contributed by atoms with E-state index in [4.69, 9.17) is 9.47 Å². The third kappa shape index (κ3) is 14.8. The first-order chi connectivity index (χ1) is 20.8. The first-order valence-electron chi connectivity index (χ1n) is 17.1. The highest BCUT2D eigenvalue weighted by molar-refractivity contribution is 5.76. The molecule has 0 aromatic carbocycles. The van der Waals surface area contributed by atoms with Crippen LogP contribution in [0.25, 0.3) is 0 Å². The molecular weight excluding hydrogens is 556 g/mol. The van der Waals surface area contributed by atoms with Crippen molar-refractivity contribution in [2.75, 3.05) is 32.8 Å². The smallest absolute Gasteiger partial charge is 0.221 e. The Morgan fingerprint density at radius 1 is 0.860 bits per heavy atom. The standard InChI is InChI=1S/C32H62N2O9/c1-2-3-4-5-6-7-8-9-10-11-12-14-17-25(36)28(38)24(33-27(37)18-21-34-19-15-13-16-20-34)23-42-32-31(41)30(40)29(39)26(22-35)43-32/h24-26,28-32,35-36,38-41H,2-23H2,1H3,(H,33,37)/t24-,25+,26+,28-,29-,30-,31+,32-/m0/s1. The van der Waals surface area contributed by atoms with E-state index >= 15 is 0 Å². The molecule has 0 aromatic rings. The number of carbonyl (C=O) groups is 1. The minimum atomic E-state index is -1.60. The summed E-state index contributed by atoms with van der Waals surface area (Å²) in [7, 11) is 0. The summed E-state index contributed by atoms with van der Waals surface area (Å²) < 4.78 is 11.0. The number of nitrogens with one attached hydrogen (secondary N) is 1. The molecule has 0 radical (unpaired) electrons. The fourth-order valence-corrected chi connectivity index (χ4v) is 5.98. The molecular formula is C32H62N2O9. The fourth-order valence-electron chi connectivity index (χ4n) is 5.98. The zero-order chi connectivity index (χ0) is 31.5. The Hall–Kier alpha value is -0.890. The molecule has 0 spiro atoms. The molecule has 11 nitrogen and oxygen atoms in total. The monoisotopic (exact) mass is 618 g/mol. The number of rotatable bonds is 23. The van der Waals surface area contributed by atoms with Crippen LogP contribution >= 0.6 is 0 Å². The number of aliphatic hydroxyl groups is 6. The number of amides is 1. The molecule has 2 heterocycles. The summed E-state index contributed by atoms with van der Waals surface area (Å²) in [5.41, 5.74) is 0. The molecule has 43 heavy (non-hydrogen) atoms. The summed E-state index contributed by atoms with van der Waals surface area (Å²) in [5.74, 6) is -0.287. The zero-order valence-electron chi connectivity index (χ0n) is 26.5. The first kappa shape index (κ1) is 38.3. The number of unbranched alkanes of at least 4 members (excludes halogenated alkanes) is 11. The number of hydrogen-bond acceptors (Lipinski definition) is 10. The van der Waals surface area contributed by atoms with E-state index in [2.05, 4.69) is 17.1 Å². The third-order valence-electron chi connectivity index (χ3n) is 8.90. The highest BCUT2D eigenvalue weighted by atomic mass is 16.7. The van der Waals surface area contributed by atoms with E-state index < -0.39 is 55.6 Å². The van der Waals surface area contributed by atoms with Crippen molar-refractivity contribution in [1.82, 2.24) is 10.2 Å². The molecule has 2 aliphatic rings. The van der Waals surface area contributed by atoms with Crippen molar-refractivity contribution < 1.29 is 44.9 Å². The SMILES string of the molecule is CCCCCCCCCCCCCC[C@@H](O)[C@@H](O)[C@H](CO[C@H]1O[C@H](CO)[C@H](O)[C@H](O)[C@H]1O)NC(=O)CCN1CCCCC1. The Morgan fingerprint density at radius 2 is 1.44 bits per heavy atom. The Morgan fingerprint density at radius 3 is 2.02 bits per heavy atom.